The molecule has 6 N–H and O–H groups in total. The molecule has 0 aliphatic heterocycles. The third kappa shape index (κ3) is 9.05. The Bertz CT molecular complexity index is 1300. The van der Waals surface area contributed by atoms with E-state index in [9.17, 15) is 33.7 Å². The van der Waals surface area contributed by atoms with Crippen molar-refractivity contribution in [2.45, 2.75) is 50.7 Å². The van der Waals surface area contributed by atoms with Gasteiger partial charge in [-0.3, -0.25) is 9.59 Å². The largest absolute Gasteiger partial charge is 0.497 e. The zero-order valence-electron chi connectivity index (χ0n) is 22.8. The number of aliphatic hydroxyl groups is 3. The molecule has 41 heavy (non-hydrogen) atoms. The number of benzene rings is 3. The summed E-state index contributed by atoms with van der Waals surface area (Å²) in [4.78, 5) is 27.1. The predicted octanol–water partition coefficient (Wildman–Crippen LogP) is 2.16. The Labute approximate surface area is 237 Å². The maximum absolute atomic E-state index is 13.6. The molecule has 2 unspecified atom stereocenters. The highest BCUT2D eigenvalue weighted by Gasteiger charge is 2.35. The second-order valence-corrected chi connectivity index (χ2v) is 9.71. The molecule has 2 amide bonds. The fourth-order valence-corrected chi connectivity index (χ4v) is 4.25. The van der Waals surface area contributed by atoms with Crippen LogP contribution in [-0.2, 0) is 29.0 Å². The maximum atomic E-state index is 13.6. The van der Waals surface area contributed by atoms with Crippen molar-refractivity contribution in [3.8, 4) is 5.75 Å². The van der Waals surface area contributed by atoms with E-state index in [0.29, 0.717) is 23.1 Å². The summed E-state index contributed by atoms with van der Waals surface area (Å²) in [5.74, 6) is -3.08. The summed E-state index contributed by atoms with van der Waals surface area (Å²) in [6.07, 6.45) is -5.04. The van der Waals surface area contributed by atoms with Crippen LogP contribution in [0, 0.1) is 11.6 Å². The topological polar surface area (TPSA) is 145 Å². The van der Waals surface area contributed by atoms with Crippen molar-refractivity contribution in [1.29, 1.82) is 0 Å². The van der Waals surface area contributed by atoms with Crippen molar-refractivity contribution in [2.75, 3.05) is 19.0 Å². The molecule has 220 valence electrons. The second-order valence-electron chi connectivity index (χ2n) is 9.71. The zero-order chi connectivity index (χ0) is 30.1. The van der Waals surface area contributed by atoms with Gasteiger partial charge in [0.1, 0.15) is 17.4 Å². The molecule has 3 aromatic rings. The minimum absolute atomic E-state index is 0.0745. The van der Waals surface area contributed by atoms with E-state index < -0.39 is 54.3 Å². The molecule has 0 fully saturated rings. The zero-order valence-corrected chi connectivity index (χ0v) is 22.8. The number of carbonyl (C=O) groups is 2. The summed E-state index contributed by atoms with van der Waals surface area (Å²) in [6, 6.07) is 15.4. The number of nitrogens with zero attached hydrogens (tertiary/aromatic N) is 1. The molecule has 4 atom stereocenters. The number of hydrogen-bond acceptors (Lipinski definition) is 7. The lowest BCUT2D eigenvalue weighted by atomic mass is 10.0. The molecule has 11 heteroatoms. The number of aliphatic hydroxyl groups excluding tert-OH is 3. The van der Waals surface area contributed by atoms with E-state index in [1.165, 1.54) is 19.2 Å². The van der Waals surface area contributed by atoms with Crippen molar-refractivity contribution < 1.29 is 38.4 Å². The summed E-state index contributed by atoms with van der Waals surface area (Å²) in [5.41, 5.74) is 8.29. The lowest BCUT2D eigenvalue weighted by Crippen LogP contribution is -2.52. The molecule has 0 aliphatic rings. The summed E-state index contributed by atoms with van der Waals surface area (Å²) in [6.45, 7) is 1.49. The summed E-state index contributed by atoms with van der Waals surface area (Å²) >= 11 is 0. The molecule has 0 bridgehead atoms. The molecule has 0 saturated heterocycles. The molecule has 9 nitrogen and oxygen atoms in total. The number of ether oxygens (including phenoxy) is 1. The van der Waals surface area contributed by atoms with E-state index in [1.54, 1.807) is 24.3 Å². The molecular weight excluding hydrogens is 536 g/mol. The number of aryl methyl sites for hydroxylation is 1. The summed E-state index contributed by atoms with van der Waals surface area (Å²) in [7, 11) is 1.48. The highest BCUT2D eigenvalue weighted by atomic mass is 19.1. The third-order valence-electron chi connectivity index (χ3n) is 6.56. The first-order chi connectivity index (χ1) is 19.5. The van der Waals surface area contributed by atoms with Crippen LogP contribution in [0.5, 0.6) is 5.75 Å². The molecule has 0 heterocycles. The van der Waals surface area contributed by atoms with Crippen LogP contribution in [0.2, 0.25) is 0 Å². The Morgan fingerprint density at radius 2 is 1.56 bits per heavy atom. The van der Waals surface area contributed by atoms with Crippen LogP contribution in [0.15, 0.2) is 66.7 Å². The van der Waals surface area contributed by atoms with Crippen molar-refractivity contribution in [3.63, 3.8) is 0 Å². The van der Waals surface area contributed by atoms with Crippen molar-refractivity contribution in [3.05, 3.63) is 95.1 Å². The molecule has 3 rings (SSSR count). The lowest BCUT2D eigenvalue weighted by molar-refractivity contribution is -0.153. The SMILES string of the molecule is CCc1cccc(CN(C[C@@H](O)[C@@H](N)Cc2cc(F)cc(F)c2)C(=O)C(O)C(O)C(=O)Nc2ccc(OC)cc2)c1. The van der Waals surface area contributed by atoms with E-state index >= 15 is 0 Å². The monoisotopic (exact) mass is 571 g/mol. The van der Waals surface area contributed by atoms with Crippen LogP contribution < -0.4 is 15.8 Å². The van der Waals surface area contributed by atoms with Crippen molar-refractivity contribution >= 4 is 17.5 Å². The summed E-state index contributed by atoms with van der Waals surface area (Å²) in [5, 5.41) is 34.5. The van der Waals surface area contributed by atoms with Gasteiger partial charge < -0.3 is 36.0 Å². The first-order valence-corrected chi connectivity index (χ1v) is 13.1. The van der Waals surface area contributed by atoms with Gasteiger partial charge in [-0.1, -0.05) is 31.2 Å². The summed E-state index contributed by atoms with van der Waals surface area (Å²) < 4.78 is 32.3. The number of nitrogens with one attached hydrogen (secondary N) is 1. The Morgan fingerprint density at radius 3 is 2.17 bits per heavy atom. The maximum Gasteiger partial charge on any atom is 0.256 e. The average Bonchev–Trinajstić information content (AvgIpc) is 2.95. The fourth-order valence-electron chi connectivity index (χ4n) is 4.25. The van der Waals surface area contributed by atoms with Gasteiger partial charge in [0.2, 0.25) is 0 Å². The Kier molecular flexibility index (Phi) is 11.3. The van der Waals surface area contributed by atoms with Crippen molar-refractivity contribution in [2.24, 2.45) is 5.73 Å². The molecule has 0 spiro atoms. The van der Waals surface area contributed by atoms with E-state index in [2.05, 4.69) is 5.32 Å². The van der Waals surface area contributed by atoms with Crippen LogP contribution in [0.4, 0.5) is 14.5 Å². The van der Waals surface area contributed by atoms with Crippen LogP contribution in [-0.4, -0.2) is 70.0 Å². The Hall–Kier alpha value is -3.90. The number of halogens is 2. The number of hydrogen-bond donors (Lipinski definition) is 5. The Morgan fingerprint density at radius 1 is 0.927 bits per heavy atom. The first-order valence-electron chi connectivity index (χ1n) is 13.1. The number of nitrogens with two attached hydrogens (primary N) is 1. The molecule has 0 aromatic heterocycles. The van der Waals surface area contributed by atoms with Gasteiger partial charge in [0.05, 0.1) is 13.2 Å². The molecule has 0 radical (unpaired) electrons. The van der Waals surface area contributed by atoms with Crippen molar-refractivity contribution in [1.82, 2.24) is 4.90 Å². The van der Waals surface area contributed by atoms with Gasteiger partial charge in [-0.05, 0) is 65.9 Å². The lowest BCUT2D eigenvalue weighted by Gasteiger charge is -2.31. The number of amides is 2. The van der Waals surface area contributed by atoms with Gasteiger partial charge in [-0.2, -0.15) is 0 Å². The quantitative estimate of drug-likeness (QED) is 0.211. The van der Waals surface area contributed by atoms with Gasteiger partial charge in [-0.25, -0.2) is 8.78 Å². The van der Waals surface area contributed by atoms with Crippen LogP contribution >= 0.6 is 0 Å². The van der Waals surface area contributed by atoms with E-state index in [4.69, 9.17) is 10.5 Å². The van der Waals surface area contributed by atoms with E-state index in [0.717, 1.165) is 29.0 Å². The van der Waals surface area contributed by atoms with Gasteiger partial charge in [-0.15, -0.1) is 0 Å². The smallest absolute Gasteiger partial charge is 0.256 e. The average molecular weight is 572 g/mol. The molecule has 3 aromatic carbocycles. The Balaban J connectivity index is 1.76. The molecule has 0 aliphatic carbocycles. The third-order valence-corrected chi connectivity index (χ3v) is 6.56. The fraction of sp³-hybridized carbons (Fsp3) is 0.333. The minimum Gasteiger partial charge on any atom is -0.497 e. The molecular formula is C30H35F2N3O6. The van der Waals surface area contributed by atoms with Gasteiger partial charge in [0, 0.05) is 30.9 Å². The number of rotatable bonds is 13. The normalized spacial score (nSPS) is 14.0. The second kappa shape index (κ2) is 14.6. The van der Waals surface area contributed by atoms with Crippen LogP contribution in [0.1, 0.15) is 23.6 Å². The van der Waals surface area contributed by atoms with E-state index in [1.807, 2.05) is 19.1 Å². The van der Waals surface area contributed by atoms with Gasteiger partial charge >= 0.3 is 0 Å². The van der Waals surface area contributed by atoms with Gasteiger partial charge in [0.25, 0.3) is 11.8 Å². The van der Waals surface area contributed by atoms with Crippen LogP contribution in [0.25, 0.3) is 0 Å². The predicted molar refractivity (Wildman–Crippen MR) is 149 cm³/mol. The number of anilines is 1. The van der Waals surface area contributed by atoms with Gasteiger partial charge in [0.15, 0.2) is 12.2 Å². The number of carbonyl (C=O) groups excluding carboxylic acids is 2. The first kappa shape index (κ1) is 31.6. The number of methoxy groups -OCH3 is 1. The standard InChI is InChI=1S/C30H35F2N3O6/c1-3-18-5-4-6-19(11-18)16-35(17-26(36)25(33)14-20-12-21(31)15-22(32)13-20)30(40)28(38)27(37)29(39)34-23-7-9-24(41-2)10-8-23/h4-13,15,25-28,36-38H,3,14,16-17,33H2,1-2H3,(H,34,39)/t25-,26+,27?,28?/m0/s1. The van der Waals surface area contributed by atoms with E-state index in [-0.39, 0.29) is 18.5 Å². The highest BCUT2D eigenvalue weighted by Crippen LogP contribution is 2.17. The highest BCUT2D eigenvalue weighted by molar-refractivity contribution is 5.98. The van der Waals surface area contributed by atoms with Crippen LogP contribution in [0.3, 0.4) is 0 Å². The molecule has 0 saturated carbocycles. The minimum atomic E-state index is -2.16.